The highest BCUT2D eigenvalue weighted by molar-refractivity contribution is 7.80. The van der Waals surface area contributed by atoms with E-state index in [0.29, 0.717) is 32.0 Å². The van der Waals surface area contributed by atoms with E-state index in [1.807, 2.05) is 4.90 Å². The van der Waals surface area contributed by atoms with Crippen molar-refractivity contribution in [3.05, 3.63) is 59.4 Å². The molecule has 1 saturated heterocycles. The lowest BCUT2D eigenvalue weighted by atomic mass is 10.1. The molecule has 0 aliphatic carbocycles. The summed E-state index contributed by atoms with van der Waals surface area (Å²) in [6.07, 6.45) is -4.53. The topological polar surface area (TPSA) is 53.6 Å². The van der Waals surface area contributed by atoms with Gasteiger partial charge in [-0.05, 0) is 54.7 Å². The van der Waals surface area contributed by atoms with Crippen LogP contribution in [-0.2, 0) is 10.9 Å². The first kappa shape index (κ1) is 21.0. The van der Waals surface area contributed by atoms with Gasteiger partial charge in [-0.25, -0.2) is 4.39 Å². The predicted molar refractivity (Wildman–Crippen MR) is 105 cm³/mol. The third kappa shape index (κ3) is 5.42. The van der Waals surface area contributed by atoms with Crippen LogP contribution in [0, 0.1) is 5.82 Å². The number of anilines is 2. The Morgan fingerprint density at radius 1 is 1.07 bits per heavy atom. The number of thiocarbonyl (C=S) groups is 1. The molecule has 2 N–H and O–H groups in total. The molecule has 3 rings (SSSR count). The highest BCUT2D eigenvalue weighted by Crippen LogP contribution is 2.35. The van der Waals surface area contributed by atoms with Gasteiger partial charge in [0.15, 0.2) is 5.11 Å². The number of amides is 1. The number of carbonyl (C=O) groups is 1. The van der Waals surface area contributed by atoms with Crippen LogP contribution >= 0.6 is 12.2 Å². The molecule has 0 spiro atoms. The van der Waals surface area contributed by atoms with Crippen molar-refractivity contribution in [1.82, 2.24) is 5.32 Å². The van der Waals surface area contributed by atoms with Gasteiger partial charge >= 0.3 is 6.18 Å². The second-order valence-electron chi connectivity index (χ2n) is 6.24. The van der Waals surface area contributed by atoms with Crippen molar-refractivity contribution in [3.8, 4) is 0 Å². The van der Waals surface area contributed by atoms with Gasteiger partial charge in [-0.1, -0.05) is 0 Å². The number of benzene rings is 2. The lowest BCUT2D eigenvalue weighted by Gasteiger charge is -2.31. The Kier molecular flexibility index (Phi) is 6.33. The summed E-state index contributed by atoms with van der Waals surface area (Å²) in [5.74, 6) is -1.11. The Bertz CT molecular complexity index is 897. The number of nitrogens with zero attached hydrogens (tertiary/aromatic N) is 1. The molecule has 0 saturated carbocycles. The predicted octanol–water partition coefficient (Wildman–Crippen LogP) is 3.81. The monoisotopic (exact) mass is 427 g/mol. The maximum absolute atomic E-state index is 13.1. The summed E-state index contributed by atoms with van der Waals surface area (Å²) in [6.45, 7) is 1.92. The van der Waals surface area contributed by atoms with E-state index < -0.39 is 23.5 Å². The van der Waals surface area contributed by atoms with Crippen LogP contribution in [0.3, 0.4) is 0 Å². The fourth-order valence-corrected chi connectivity index (χ4v) is 3.03. The van der Waals surface area contributed by atoms with Crippen molar-refractivity contribution in [3.63, 3.8) is 0 Å². The van der Waals surface area contributed by atoms with Crippen molar-refractivity contribution in [1.29, 1.82) is 0 Å². The number of morpholine rings is 1. The minimum atomic E-state index is -4.53. The number of hydrogen-bond donors (Lipinski definition) is 2. The summed E-state index contributed by atoms with van der Waals surface area (Å²) in [5.41, 5.74) is -0.0523. The molecule has 0 aromatic heterocycles. The first-order valence-corrected chi connectivity index (χ1v) is 9.07. The zero-order valence-electron chi connectivity index (χ0n) is 15.1. The van der Waals surface area contributed by atoms with Gasteiger partial charge in [-0.2, -0.15) is 13.2 Å². The van der Waals surface area contributed by atoms with Crippen LogP contribution in [-0.4, -0.2) is 37.3 Å². The van der Waals surface area contributed by atoms with Crippen LogP contribution in [0.1, 0.15) is 15.9 Å². The normalized spacial score (nSPS) is 14.4. The summed E-state index contributed by atoms with van der Waals surface area (Å²) >= 11 is 5.09. The first-order chi connectivity index (χ1) is 13.7. The molecule has 0 unspecified atom stereocenters. The Balaban J connectivity index is 1.80. The molecule has 1 aliphatic heterocycles. The van der Waals surface area contributed by atoms with Gasteiger partial charge in [0.2, 0.25) is 0 Å². The van der Waals surface area contributed by atoms with Crippen LogP contribution in [0.25, 0.3) is 0 Å². The highest BCUT2D eigenvalue weighted by Gasteiger charge is 2.31. The van der Waals surface area contributed by atoms with E-state index in [1.165, 1.54) is 18.2 Å². The molecule has 0 radical (unpaired) electrons. The maximum atomic E-state index is 13.1. The zero-order chi connectivity index (χ0) is 21.0. The molecule has 1 amide bonds. The highest BCUT2D eigenvalue weighted by atomic mass is 32.1. The molecule has 0 bridgehead atoms. The molecule has 1 heterocycles. The van der Waals surface area contributed by atoms with E-state index in [9.17, 15) is 22.4 Å². The summed E-state index contributed by atoms with van der Waals surface area (Å²) < 4.78 is 57.7. The van der Waals surface area contributed by atoms with Gasteiger partial charge < -0.3 is 15.0 Å². The van der Waals surface area contributed by atoms with Crippen LogP contribution in [0.2, 0.25) is 0 Å². The molecular weight excluding hydrogens is 410 g/mol. The molecule has 1 aliphatic rings. The minimum Gasteiger partial charge on any atom is -0.378 e. The van der Waals surface area contributed by atoms with E-state index in [-0.39, 0.29) is 16.4 Å². The summed E-state index contributed by atoms with van der Waals surface area (Å²) in [5, 5.41) is 4.89. The van der Waals surface area contributed by atoms with Gasteiger partial charge in [0.1, 0.15) is 5.82 Å². The minimum absolute atomic E-state index is 0.117. The molecule has 29 heavy (non-hydrogen) atoms. The number of hydrogen-bond acceptors (Lipinski definition) is 4. The van der Waals surface area contributed by atoms with Gasteiger partial charge in [-0.3, -0.25) is 10.1 Å². The average Bonchev–Trinajstić information content (AvgIpc) is 2.68. The fourth-order valence-electron chi connectivity index (χ4n) is 2.82. The van der Waals surface area contributed by atoms with Crippen molar-refractivity contribution in [2.24, 2.45) is 0 Å². The van der Waals surface area contributed by atoms with Crippen LogP contribution in [0.15, 0.2) is 42.5 Å². The third-order valence-corrected chi connectivity index (χ3v) is 4.46. The molecule has 0 atom stereocenters. The van der Waals surface area contributed by atoms with E-state index in [0.717, 1.165) is 24.3 Å². The standard InChI is InChI=1S/C19H17F4N3O2S/c20-14-4-1-12(2-5-14)17(27)25-18(29)24-15-11-13(19(21,22)23)3-6-16(15)26-7-9-28-10-8-26/h1-6,11H,7-10H2,(H2,24,25,27,29). The van der Waals surface area contributed by atoms with Gasteiger partial charge in [0.25, 0.3) is 5.91 Å². The lowest BCUT2D eigenvalue weighted by molar-refractivity contribution is -0.137. The molecule has 154 valence electrons. The summed E-state index contributed by atoms with van der Waals surface area (Å²) in [4.78, 5) is 14.1. The van der Waals surface area contributed by atoms with Gasteiger partial charge in [0, 0.05) is 18.7 Å². The second-order valence-corrected chi connectivity index (χ2v) is 6.65. The Morgan fingerprint density at radius 2 is 1.72 bits per heavy atom. The summed E-state index contributed by atoms with van der Waals surface area (Å²) in [6, 6.07) is 8.09. The maximum Gasteiger partial charge on any atom is 0.416 e. The van der Waals surface area contributed by atoms with E-state index in [4.69, 9.17) is 17.0 Å². The van der Waals surface area contributed by atoms with Crippen LogP contribution < -0.4 is 15.5 Å². The Hall–Kier alpha value is -2.72. The number of ether oxygens (including phenoxy) is 1. The summed E-state index contributed by atoms with van der Waals surface area (Å²) in [7, 11) is 0. The van der Waals surface area contributed by atoms with Gasteiger partial charge in [0.05, 0.1) is 30.2 Å². The largest absolute Gasteiger partial charge is 0.416 e. The zero-order valence-corrected chi connectivity index (χ0v) is 15.9. The second kappa shape index (κ2) is 8.75. The number of alkyl halides is 3. The van der Waals surface area contributed by atoms with E-state index in [1.54, 1.807) is 0 Å². The number of rotatable bonds is 3. The SMILES string of the molecule is O=C(NC(=S)Nc1cc(C(F)(F)F)ccc1N1CCOCC1)c1ccc(F)cc1. The molecule has 10 heteroatoms. The molecular formula is C19H17F4N3O2S. The molecule has 2 aromatic carbocycles. The number of nitrogens with one attached hydrogen (secondary N) is 2. The number of halogens is 4. The van der Waals surface area contributed by atoms with E-state index >= 15 is 0 Å². The fraction of sp³-hybridized carbons (Fsp3) is 0.263. The first-order valence-electron chi connectivity index (χ1n) is 8.66. The van der Waals surface area contributed by atoms with Crippen molar-refractivity contribution < 1.29 is 27.1 Å². The lowest BCUT2D eigenvalue weighted by Crippen LogP contribution is -2.38. The van der Waals surface area contributed by atoms with Crippen LogP contribution in [0.4, 0.5) is 28.9 Å². The Morgan fingerprint density at radius 3 is 2.34 bits per heavy atom. The molecule has 1 fully saturated rings. The van der Waals surface area contributed by atoms with Crippen molar-refractivity contribution >= 4 is 34.6 Å². The van der Waals surface area contributed by atoms with Crippen molar-refractivity contribution in [2.75, 3.05) is 36.5 Å². The van der Waals surface area contributed by atoms with Gasteiger partial charge in [-0.15, -0.1) is 0 Å². The quantitative estimate of drug-likeness (QED) is 0.577. The Labute approximate surface area is 169 Å². The molecule has 2 aromatic rings. The average molecular weight is 427 g/mol. The third-order valence-electron chi connectivity index (χ3n) is 4.26. The smallest absolute Gasteiger partial charge is 0.378 e. The number of carbonyl (C=O) groups excluding carboxylic acids is 1. The molecule has 5 nitrogen and oxygen atoms in total. The van der Waals surface area contributed by atoms with Crippen LogP contribution in [0.5, 0.6) is 0 Å². The van der Waals surface area contributed by atoms with Crippen molar-refractivity contribution in [2.45, 2.75) is 6.18 Å². The van der Waals surface area contributed by atoms with E-state index in [2.05, 4.69) is 10.6 Å².